The van der Waals surface area contributed by atoms with Gasteiger partial charge in [-0.3, -0.25) is 4.99 Å². The van der Waals surface area contributed by atoms with Crippen molar-refractivity contribution in [3.8, 4) is 11.5 Å². The quantitative estimate of drug-likeness (QED) is 0.491. The van der Waals surface area contributed by atoms with Crippen LogP contribution in [0.2, 0.25) is 0 Å². The van der Waals surface area contributed by atoms with Crippen LogP contribution in [-0.2, 0) is 19.4 Å². The number of hydrogen-bond acceptors (Lipinski definition) is 4. The molecular weight excluding hydrogens is 348 g/mol. The van der Waals surface area contributed by atoms with E-state index in [1.165, 1.54) is 0 Å². The van der Waals surface area contributed by atoms with Crippen molar-refractivity contribution in [1.82, 2.24) is 0 Å². The molecule has 3 aromatic rings. The predicted molar refractivity (Wildman–Crippen MR) is 114 cm³/mol. The van der Waals surface area contributed by atoms with E-state index in [0.29, 0.717) is 36.4 Å². The van der Waals surface area contributed by atoms with Crippen LogP contribution >= 0.6 is 0 Å². The Morgan fingerprint density at radius 2 is 1.57 bits per heavy atom. The highest BCUT2D eigenvalue weighted by molar-refractivity contribution is 6.00. The smallest absolute Gasteiger partial charge is 0.124 e. The Bertz CT molecular complexity index is 980. The topological polar surface area (TPSA) is 76.7 Å². The Hall–Kier alpha value is -3.40. The van der Waals surface area contributed by atoms with Gasteiger partial charge in [0.1, 0.15) is 11.5 Å². The third kappa shape index (κ3) is 5.30. The molecule has 4 nitrogen and oxygen atoms in total. The zero-order valence-corrected chi connectivity index (χ0v) is 15.7. The van der Waals surface area contributed by atoms with Gasteiger partial charge < -0.3 is 15.6 Å². The number of para-hydroxylation sites is 2. The van der Waals surface area contributed by atoms with E-state index in [4.69, 9.17) is 5.41 Å². The molecule has 0 radical (unpaired) electrons. The van der Waals surface area contributed by atoms with E-state index in [1.54, 1.807) is 30.3 Å². The molecule has 0 bridgehead atoms. The molecule has 0 saturated carbocycles. The second-order valence-corrected chi connectivity index (χ2v) is 6.67. The van der Waals surface area contributed by atoms with Gasteiger partial charge in [0, 0.05) is 23.9 Å². The fourth-order valence-corrected chi connectivity index (χ4v) is 3.03. The third-order valence-corrected chi connectivity index (χ3v) is 4.59. The molecule has 0 aliphatic rings. The number of aromatic hydroxyl groups is 2. The number of phenolic OH excluding ortho intramolecular Hbond substituents is 2. The van der Waals surface area contributed by atoms with E-state index >= 15 is 0 Å². The van der Waals surface area contributed by atoms with E-state index in [9.17, 15) is 10.2 Å². The monoisotopic (exact) mass is 372 g/mol. The van der Waals surface area contributed by atoms with Gasteiger partial charge in [0.25, 0.3) is 0 Å². The Morgan fingerprint density at radius 1 is 0.857 bits per heavy atom. The molecule has 0 aromatic heterocycles. The van der Waals surface area contributed by atoms with Crippen LogP contribution in [-0.4, -0.2) is 22.1 Å². The van der Waals surface area contributed by atoms with Gasteiger partial charge in [0.05, 0.1) is 6.54 Å². The number of nitrogens with one attached hydrogen (secondary N) is 1. The summed E-state index contributed by atoms with van der Waals surface area (Å²) < 4.78 is 0. The van der Waals surface area contributed by atoms with Gasteiger partial charge in [0.2, 0.25) is 0 Å². The lowest BCUT2D eigenvalue weighted by Gasteiger charge is -2.07. The average molecular weight is 372 g/mol. The lowest BCUT2D eigenvalue weighted by atomic mass is 10.0. The number of hydrogen-bond donors (Lipinski definition) is 3. The highest BCUT2D eigenvalue weighted by Gasteiger charge is 2.07. The minimum Gasteiger partial charge on any atom is -0.508 e. The first kappa shape index (κ1) is 19.4. The van der Waals surface area contributed by atoms with Crippen molar-refractivity contribution in [1.29, 1.82) is 5.41 Å². The standard InChI is InChI=1S/C24H24N2O2/c25-22(21-9-2-4-11-24(21)28)13-12-18-6-5-7-19(16-18)17-26-15-14-20-8-1-3-10-23(20)27/h1-11,15-16,25,27-28H,12-14,17H2. The van der Waals surface area contributed by atoms with Crippen molar-refractivity contribution in [2.45, 2.75) is 25.8 Å². The van der Waals surface area contributed by atoms with Crippen molar-refractivity contribution in [3.63, 3.8) is 0 Å². The fourth-order valence-electron chi connectivity index (χ4n) is 3.03. The van der Waals surface area contributed by atoms with Gasteiger partial charge in [-0.25, -0.2) is 0 Å². The van der Waals surface area contributed by atoms with Gasteiger partial charge in [0.15, 0.2) is 0 Å². The molecule has 3 aromatic carbocycles. The van der Waals surface area contributed by atoms with Crippen molar-refractivity contribution >= 4 is 11.9 Å². The van der Waals surface area contributed by atoms with Crippen LogP contribution in [0.5, 0.6) is 11.5 Å². The largest absolute Gasteiger partial charge is 0.508 e. The minimum absolute atomic E-state index is 0.153. The summed E-state index contributed by atoms with van der Waals surface area (Å²) in [5.74, 6) is 0.447. The highest BCUT2D eigenvalue weighted by atomic mass is 16.3. The summed E-state index contributed by atoms with van der Waals surface area (Å²) in [7, 11) is 0. The number of phenols is 2. The van der Waals surface area contributed by atoms with Gasteiger partial charge in [-0.2, -0.15) is 0 Å². The first-order chi connectivity index (χ1) is 13.6. The Balaban J connectivity index is 1.54. The maximum Gasteiger partial charge on any atom is 0.124 e. The number of aliphatic imine (C=N–C) groups is 1. The van der Waals surface area contributed by atoms with E-state index in [1.807, 2.05) is 42.6 Å². The molecule has 0 saturated heterocycles. The maximum absolute atomic E-state index is 9.87. The summed E-state index contributed by atoms with van der Waals surface area (Å²) in [6.45, 7) is 0.582. The first-order valence-corrected chi connectivity index (χ1v) is 9.32. The molecule has 0 aliphatic carbocycles. The molecule has 3 N–H and O–H groups in total. The lowest BCUT2D eigenvalue weighted by molar-refractivity contribution is 0.470. The van der Waals surface area contributed by atoms with Gasteiger partial charge in [-0.1, -0.05) is 54.6 Å². The van der Waals surface area contributed by atoms with Crippen molar-refractivity contribution in [2.24, 2.45) is 4.99 Å². The van der Waals surface area contributed by atoms with Crippen molar-refractivity contribution in [2.75, 3.05) is 0 Å². The fraction of sp³-hybridized carbons (Fsp3) is 0.167. The summed E-state index contributed by atoms with van der Waals surface area (Å²) in [6, 6.07) is 22.4. The molecule has 0 heterocycles. The number of aryl methyl sites for hydroxylation is 1. The summed E-state index contributed by atoms with van der Waals surface area (Å²) >= 11 is 0. The van der Waals surface area contributed by atoms with Crippen LogP contribution in [0, 0.1) is 5.41 Å². The van der Waals surface area contributed by atoms with Crippen molar-refractivity contribution < 1.29 is 10.2 Å². The molecule has 3 rings (SSSR count). The number of nitrogens with zero attached hydrogens (tertiary/aromatic N) is 1. The second kappa shape index (κ2) is 9.51. The van der Waals surface area contributed by atoms with Crippen LogP contribution in [0.3, 0.4) is 0 Å². The van der Waals surface area contributed by atoms with Crippen LogP contribution < -0.4 is 0 Å². The summed E-state index contributed by atoms with van der Waals surface area (Å²) in [5.41, 5.74) is 4.15. The summed E-state index contributed by atoms with van der Waals surface area (Å²) in [4.78, 5) is 4.46. The second-order valence-electron chi connectivity index (χ2n) is 6.67. The summed E-state index contributed by atoms with van der Waals surface area (Å²) in [5, 5.41) is 27.8. The molecule has 0 spiro atoms. The lowest BCUT2D eigenvalue weighted by Crippen LogP contribution is -2.02. The minimum atomic E-state index is 0.153. The SMILES string of the molecule is N=C(CCc1cccc(CN=CCc2ccccc2O)c1)c1ccccc1O. The first-order valence-electron chi connectivity index (χ1n) is 9.32. The Kier molecular flexibility index (Phi) is 6.58. The molecule has 0 amide bonds. The molecular formula is C24H24N2O2. The highest BCUT2D eigenvalue weighted by Crippen LogP contribution is 2.19. The van der Waals surface area contributed by atoms with Gasteiger partial charge >= 0.3 is 0 Å². The van der Waals surface area contributed by atoms with Crippen LogP contribution in [0.15, 0.2) is 77.8 Å². The normalized spacial score (nSPS) is 11.0. The van der Waals surface area contributed by atoms with E-state index in [2.05, 4.69) is 11.1 Å². The van der Waals surface area contributed by atoms with Gasteiger partial charge in [-0.05, 0) is 47.7 Å². The zero-order chi connectivity index (χ0) is 19.8. The number of benzene rings is 3. The predicted octanol–water partition coefficient (Wildman–Crippen LogP) is 4.91. The van der Waals surface area contributed by atoms with Crippen molar-refractivity contribution in [3.05, 3.63) is 95.1 Å². The van der Waals surface area contributed by atoms with Crippen LogP contribution in [0.1, 0.15) is 28.7 Å². The Morgan fingerprint density at radius 3 is 2.36 bits per heavy atom. The molecule has 0 unspecified atom stereocenters. The zero-order valence-electron chi connectivity index (χ0n) is 15.7. The third-order valence-electron chi connectivity index (χ3n) is 4.59. The van der Waals surface area contributed by atoms with E-state index in [0.717, 1.165) is 23.1 Å². The van der Waals surface area contributed by atoms with Crippen LogP contribution in [0.25, 0.3) is 0 Å². The Labute approximate surface area is 165 Å². The van der Waals surface area contributed by atoms with Crippen LogP contribution in [0.4, 0.5) is 0 Å². The van der Waals surface area contributed by atoms with E-state index in [-0.39, 0.29) is 5.75 Å². The average Bonchev–Trinajstić information content (AvgIpc) is 2.71. The van der Waals surface area contributed by atoms with Gasteiger partial charge in [-0.15, -0.1) is 0 Å². The molecule has 142 valence electrons. The molecule has 4 heteroatoms. The molecule has 0 aliphatic heterocycles. The summed E-state index contributed by atoms with van der Waals surface area (Å²) in [6.07, 6.45) is 3.74. The van der Waals surface area contributed by atoms with E-state index < -0.39 is 0 Å². The molecule has 28 heavy (non-hydrogen) atoms. The number of rotatable bonds is 8. The molecule has 0 atom stereocenters. The molecule has 0 fully saturated rings. The maximum atomic E-state index is 9.87.